The maximum absolute atomic E-state index is 13.6. The molecule has 336 valence electrons. The van der Waals surface area contributed by atoms with Crippen molar-refractivity contribution in [1.82, 2.24) is 0 Å². The van der Waals surface area contributed by atoms with Crippen molar-refractivity contribution < 1.29 is 93.2 Å². The number of non-ortho nitro benzene ring substituents is 1. The molecule has 0 saturated heterocycles. The van der Waals surface area contributed by atoms with E-state index in [1.165, 1.54) is 24.3 Å². The van der Waals surface area contributed by atoms with E-state index in [0.29, 0.717) is 131 Å². The Labute approximate surface area is 338 Å². The maximum Gasteiger partial charge on any atom is 0.313 e. The highest BCUT2D eigenvalue weighted by molar-refractivity contribution is 5.72. The minimum atomic E-state index is -2.35. The van der Waals surface area contributed by atoms with E-state index in [1.54, 1.807) is 0 Å². The Balaban J connectivity index is 1.19. The van der Waals surface area contributed by atoms with Crippen molar-refractivity contribution in [3.63, 3.8) is 0 Å². The number of carbonyl (C=O) groups excluding carboxylic acids is 1. The SMILES string of the molecule is O=C(CCOCCOCCOCCOCCOCCOCCOCCOCCOCCOCCOCCOc1ccc([N+](=O)[O-])cc1)Oc1c(F)c(F)c(F)c(F)c1F. The van der Waals surface area contributed by atoms with Gasteiger partial charge in [0.25, 0.3) is 5.69 Å². The van der Waals surface area contributed by atoms with Gasteiger partial charge in [-0.2, -0.15) is 8.78 Å². The lowest BCUT2D eigenvalue weighted by Crippen LogP contribution is -2.16. The first-order valence-corrected chi connectivity index (χ1v) is 18.7. The van der Waals surface area contributed by atoms with Gasteiger partial charge in [-0.15, -0.1) is 0 Å². The van der Waals surface area contributed by atoms with E-state index >= 15 is 0 Å². The summed E-state index contributed by atoms with van der Waals surface area (Å²) in [7, 11) is 0. The van der Waals surface area contributed by atoms with Crippen molar-refractivity contribution >= 4 is 11.7 Å². The third-order valence-corrected chi connectivity index (χ3v) is 7.10. The van der Waals surface area contributed by atoms with E-state index in [-0.39, 0.29) is 32.1 Å². The number of halogens is 5. The molecular formula is C37H52F5NO16. The number of hydrogen-bond donors (Lipinski definition) is 0. The molecule has 2 rings (SSSR count). The lowest BCUT2D eigenvalue weighted by atomic mass is 10.2. The van der Waals surface area contributed by atoms with Crippen LogP contribution in [-0.2, 0) is 56.9 Å². The molecule has 0 spiro atoms. The Morgan fingerprint density at radius 3 is 1.00 bits per heavy atom. The van der Waals surface area contributed by atoms with Crippen LogP contribution in [0.25, 0.3) is 0 Å². The Morgan fingerprint density at radius 2 is 0.695 bits per heavy atom. The minimum Gasteiger partial charge on any atom is -0.491 e. The van der Waals surface area contributed by atoms with Crippen LogP contribution in [-0.4, -0.2) is 163 Å². The van der Waals surface area contributed by atoms with Gasteiger partial charge in [0.15, 0.2) is 0 Å². The van der Waals surface area contributed by atoms with Crippen LogP contribution in [0.3, 0.4) is 0 Å². The zero-order chi connectivity index (χ0) is 42.8. The lowest BCUT2D eigenvalue weighted by Gasteiger charge is -2.09. The van der Waals surface area contributed by atoms with Crippen LogP contribution in [0.2, 0.25) is 0 Å². The molecule has 59 heavy (non-hydrogen) atoms. The topological polar surface area (TPSA) is 180 Å². The van der Waals surface area contributed by atoms with Crippen LogP contribution < -0.4 is 9.47 Å². The number of nitrogens with zero attached hydrogens (tertiary/aromatic N) is 1. The average molecular weight is 862 g/mol. The molecule has 0 radical (unpaired) electrons. The van der Waals surface area contributed by atoms with Crippen LogP contribution in [0.4, 0.5) is 27.6 Å². The molecule has 0 aromatic heterocycles. The normalized spacial score (nSPS) is 11.3. The summed E-state index contributed by atoms with van der Waals surface area (Å²) in [6, 6.07) is 5.84. The fraction of sp³-hybridized carbons (Fsp3) is 0.649. The van der Waals surface area contributed by atoms with Crippen molar-refractivity contribution in [2.45, 2.75) is 6.42 Å². The molecule has 0 bridgehead atoms. The molecule has 0 aliphatic rings. The Hall–Kier alpha value is -3.68. The zero-order valence-corrected chi connectivity index (χ0v) is 32.6. The zero-order valence-electron chi connectivity index (χ0n) is 32.6. The largest absolute Gasteiger partial charge is 0.491 e. The predicted molar refractivity (Wildman–Crippen MR) is 194 cm³/mol. The van der Waals surface area contributed by atoms with E-state index in [0.717, 1.165) is 0 Å². The first kappa shape index (κ1) is 51.5. The van der Waals surface area contributed by atoms with Crippen LogP contribution in [0.15, 0.2) is 24.3 Å². The fourth-order valence-electron chi connectivity index (χ4n) is 4.18. The van der Waals surface area contributed by atoms with Crippen molar-refractivity contribution in [3.8, 4) is 11.5 Å². The summed E-state index contributed by atoms with van der Waals surface area (Å²) >= 11 is 0. The molecule has 0 unspecified atom stereocenters. The number of carbonyl (C=O) groups is 1. The molecule has 0 saturated carbocycles. The van der Waals surface area contributed by atoms with Gasteiger partial charge in [-0.1, -0.05) is 0 Å². The van der Waals surface area contributed by atoms with E-state index in [2.05, 4.69) is 4.74 Å². The second kappa shape index (κ2) is 34.1. The smallest absolute Gasteiger partial charge is 0.313 e. The summed E-state index contributed by atoms with van der Waals surface area (Å²) in [6.45, 7) is 7.84. The second-order valence-electron chi connectivity index (χ2n) is 11.5. The predicted octanol–water partition coefficient (Wildman–Crippen LogP) is 3.85. The molecule has 22 heteroatoms. The molecule has 2 aromatic carbocycles. The van der Waals surface area contributed by atoms with Gasteiger partial charge < -0.3 is 61.6 Å². The molecule has 0 aliphatic carbocycles. The van der Waals surface area contributed by atoms with Gasteiger partial charge >= 0.3 is 5.97 Å². The van der Waals surface area contributed by atoms with Gasteiger partial charge in [-0.3, -0.25) is 14.9 Å². The standard InChI is InChI=1S/C37H52F5NO16/c38-32-33(39)35(41)37(36(42)34(32)40)59-31(44)5-6-47-7-8-48-9-10-49-11-12-50-13-14-51-15-16-52-17-18-53-19-20-54-21-22-55-23-24-56-25-26-57-27-28-58-30-3-1-29(2-4-30)43(45)46/h1-4H,5-28H2. The number of nitro groups is 1. The first-order valence-electron chi connectivity index (χ1n) is 18.7. The Morgan fingerprint density at radius 1 is 0.424 bits per heavy atom. The van der Waals surface area contributed by atoms with Gasteiger partial charge in [-0.25, -0.2) is 13.2 Å². The number of benzene rings is 2. The summed E-state index contributed by atoms with van der Waals surface area (Å²) in [6.07, 6.45) is -0.495. The highest BCUT2D eigenvalue weighted by Crippen LogP contribution is 2.29. The summed E-state index contributed by atoms with van der Waals surface area (Å²) < 4.78 is 135. The molecule has 17 nitrogen and oxygen atoms in total. The number of hydrogen-bond acceptors (Lipinski definition) is 16. The van der Waals surface area contributed by atoms with Gasteiger partial charge in [-0.05, 0) is 12.1 Å². The van der Waals surface area contributed by atoms with Gasteiger partial charge in [0.2, 0.25) is 34.8 Å². The molecule has 0 aliphatic heterocycles. The second-order valence-corrected chi connectivity index (χ2v) is 11.5. The maximum atomic E-state index is 13.6. The summed E-state index contributed by atoms with van der Waals surface area (Å²) in [5.74, 6) is -13.6. The number of rotatable bonds is 39. The quantitative estimate of drug-likeness (QED) is 0.0138. The summed E-state index contributed by atoms with van der Waals surface area (Å²) in [5, 5.41) is 10.6. The molecule has 0 atom stereocenters. The monoisotopic (exact) mass is 861 g/mol. The van der Waals surface area contributed by atoms with Crippen molar-refractivity contribution in [2.24, 2.45) is 0 Å². The molecule has 0 N–H and O–H groups in total. The van der Waals surface area contributed by atoms with E-state index in [9.17, 15) is 36.9 Å². The van der Waals surface area contributed by atoms with E-state index in [1.807, 2.05) is 0 Å². The van der Waals surface area contributed by atoms with Gasteiger partial charge in [0, 0.05) is 12.1 Å². The Kier molecular flexibility index (Phi) is 29.7. The van der Waals surface area contributed by atoms with Crippen LogP contribution in [0.5, 0.6) is 11.5 Å². The number of nitro benzene ring substituents is 1. The molecule has 2 aromatic rings. The third kappa shape index (κ3) is 24.9. The Bertz CT molecular complexity index is 1390. The third-order valence-electron chi connectivity index (χ3n) is 7.10. The van der Waals surface area contributed by atoms with Crippen LogP contribution >= 0.6 is 0 Å². The summed E-state index contributed by atoms with van der Waals surface area (Å²) in [5.41, 5.74) is 0.00702. The highest BCUT2D eigenvalue weighted by Gasteiger charge is 2.28. The van der Waals surface area contributed by atoms with Crippen LogP contribution in [0.1, 0.15) is 6.42 Å². The molecule has 0 fully saturated rings. The molecule has 0 amide bonds. The van der Waals surface area contributed by atoms with E-state index < -0.39 is 52.1 Å². The summed E-state index contributed by atoms with van der Waals surface area (Å²) in [4.78, 5) is 21.8. The molecule has 0 heterocycles. The van der Waals surface area contributed by atoms with Gasteiger partial charge in [0.1, 0.15) is 12.4 Å². The van der Waals surface area contributed by atoms with Crippen LogP contribution in [0, 0.1) is 39.2 Å². The van der Waals surface area contributed by atoms with Gasteiger partial charge in [0.05, 0.1) is 157 Å². The lowest BCUT2D eigenvalue weighted by molar-refractivity contribution is -0.384. The minimum absolute atomic E-state index is 0.00702. The van der Waals surface area contributed by atoms with E-state index in [4.69, 9.17) is 56.8 Å². The van der Waals surface area contributed by atoms with Crippen molar-refractivity contribution in [2.75, 3.05) is 152 Å². The molecular weight excluding hydrogens is 809 g/mol. The van der Waals surface area contributed by atoms with Crippen molar-refractivity contribution in [3.05, 3.63) is 63.5 Å². The average Bonchev–Trinajstić information content (AvgIpc) is 3.23. The number of ether oxygens (including phenoxy) is 13. The fourth-order valence-corrected chi connectivity index (χ4v) is 4.18. The van der Waals surface area contributed by atoms with Crippen molar-refractivity contribution in [1.29, 1.82) is 0 Å². The number of esters is 1. The first-order chi connectivity index (χ1) is 28.7. The highest BCUT2D eigenvalue weighted by atomic mass is 19.2.